The highest BCUT2D eigenvalue weighted by Crippen LogP contribution is 2.27. The smallest absolute Gasteiger partial charge is 0.0975 e. The molecule has 0 aliphatic carbocycles. The van der Waals surface area contributed by atoms with Gasteiger partial charge in [0, 0.05) is 25.7 Å². The Morgan fingerprint density at radius 2 is 2.12 bits per heavy atom. The van der Waals surface area contributed by atoms with Crippen molar-refractivity contribution in [1.82, 2.24) is 0 Å². The Balaban J connectivity index is 2.07. The first-order valence-corrected chi connectivity index (χ1v) is 6.24. The molecule has 2 rings (SSSR count). The van der Waals surface area contributed by atoms with Crippen LogP contribution in [-0.4, -0.2) is 26.4 Å². The number of benzene rings is 1. The normalized spacial score (nSPS) is 24.2. The van der Waals surface area contributed by atoms with Gasteiger partial charge in [-0.05, 0) is 18.4 Å². The monoisotopic (exact) mass is 235 g/mol. The molecule has 0 saturated carbocycles. The zero-order valence-corrected chi connectivity index (χ0v) is 10.3. The topological polar surface area (TPSA) is 44.5 Å². The fourth-order valence-electron chi connectivity index (χ4n) is 2.47. The lowest BCUT2D eigenvalue weighted by Crippen LogP contribution is -2.41. The minimum atomic E-state index is -0.0390. The molecule has 0 bridgehead atoms. The van der Waals surface area contributed by atoms with E-state index in [1.54, 1.807) is 7.11 Å². The SMILES string of the molecule is COC(c1ccccc1)C(N)C1CCCOC1. The Bertz CT molecular complexity index is 322. The van der Waals surface area contributed by atoms with Crippen molar-refractivity contribution in [2.75, 3.05) is 20.3 Å². The van der Waals surface area contributed by atoms with Crippen molar-refractivity contribution in [1.29, 1.82) is 0 Å². The Kier molecular flexibility index (Phi) is 4.54. The van der Waals surface area contributed by atoms with Gasteiger partial charge in [-0.1, -0.05) is 30.3 Å². The van der Waals surface area contributed by atoms with Gasteiger partial charge in [0.1, 0.15) is 0 Å². The molecule has 0 spiro atoms. The third-order valence-corrected chi connectivity index (χ3v) is 3.47. The average molecular weight is 235 g/mol. The van der Waals surface area contributed by atoms with Crippen LogP contribution in [0.5, 0.6) is 0 Å². The first-order valence-electron chi connectivity index (χ1n) is 6.24. The van der Waals surface area contributed by atoms with Crippen molar-refractivity contribution in [3.63, 3.8) is 0 Å². The molecular formula is C14H21NO2. The molecule has 1 fully saturated rings. The Labute approximate surface area is 103 Å². The van der Waals surface area contributed by atoms with Gasteiger partial charge < -0.3 is 15.2 Å². The van der Waals surface area contributed by atoms with E-state index >= 15 is 0 Å². The standard InChI is InChI=1S/C14H21NO2/c1-16-14(11-6-3-2-4-7-11)13(15)12-8-5-9-17-10-12/h2-4,6-7,12-14H,5,8-10,15H2,1H3. The lowest BCUT2D eigenvalue weighted by molar-refractivity contribution is 0.000685. The van der Waals surface area contributed by atoms with E-state index in [9.17, 15) is 0 Å². The molecule has 1 aliphatic rings. The molecule has 1 heterocycles. The zero-order valence-electron chi connectivity index (χ0n) is 10.3. The van der Waals surface area contributed by atoms with E-state index in [4.69, 9.17) is 15.2 Å². The van der Waals surface area contributed by atoms with Crippen molar-refractivity contribution in [2.24, 2.45) is 11.7 Å². The predicted molar refractivity (Wildman–Crippen MR) is 67.7 cm³/mol. The molecule has 0 radical (unpaired) electrons. The molecule has 0 aromatic heterocycles. The van der Waals surface area contributed by atoms with Crippen molar-refractivity contribution >= 4 is 0 Å². The van der Waals surface area contributed by atoms with Crippen LogP contribution >= 0.6 is 0 Å². The summed E-state index contributed by atoms with van der Waals surface area (Å²) in [6, 6.07) is 10.2. The van der Waals surface area contributed by atoms with Gasteiger partial charge in [-0.25, -0.2) is 0 Å². The lowest BCUT2D eigenvalue weighted by Gasteiger charge is -2.32. The fraction of sp³-hybridized carbons (Fsp3) is 0.571. The molecule has 3 unspecified atom stereocenters. The number of rotatable bonds is 4. The highest BCUT2D eigenvalue weighted by Gasteiger charge is 2.29. The van der Waals surface area contributed by atoms with Crippen molar-refractivity contribution < 1.29 is 9.47 Å². The summed E-state index contributed by atoms with van der Waals surface area (Å²) in [5, 5.41) is 0. The quantitative estimate of drug-likeness (QED) is 0.869. The molecule has 0 amide bonds. The average Bonchev–Trinajstić information content (AvgIpc) is 2.42. The van der Waals surface area contributed by atoms with E-state index in [0.717, 1.165) is 31.6 Å². The number of hydrogen-bond donors (Lipinski definition) is 1. The molecular weight excluding hydrogens is 214 g/mol. The predicted octanol–water partition coefficient (Wildman–Crippen LogP) is 2.13. The summed E-state index contributed by atoms with van der Waals surface area (Å²) in [5.74, 6) is 0.397. The van der Waals surface area contributed by atoms with Gasteiger partial charge in [0.25, 0.3) is 0 Å². The highest BCUT2D eigenvalue weighted by atomic mass is 16.5. The minimum absolute atomic E-state index is 0.00250. The van der Waals surface area contributed by atoms with Crippen LogP contribution in [0.25, 0.3) is 0 Å². The van der Waals surface area contributed by atoms with Crippen molar-refractivity contribution in [3.8, 4) is 0 Å². The fourth-order valence-corrected chi connectivity index (χ4v) is 2.47. The second kappa shape index (κ2) is 6.15. The Hall–Kier alpha value is -0.900. The maximum Gasteiger partial charge on any atom is 0.0975 e. The van der Waals surface area contributed by atoms with Gasteiger partial charge in [-0.3, -0.25) is 0 Å². The summed E-state index contributed by atoms with van der Waals surface area (Å²) in [6.45, 7) is 1.63. The highest BCUT2D eigenvalue weighted by molar-refractivity contribution is 5.19. The summed E-state index contributed by atoms with van der Waals surface area (Å²) in [7, 11) is 1.72. The van der Waals surface area contributed by atoms with Crippen LogP contribution in [0.15, 0.2) is 30.3 Å². The zero-order chi connectivity index (χ0) is 12.1. The summed E-state index contributed by atoms with van der Waals surface area (Å²) >= 11 is 0. The molecule has 17 heavy (non-hydrogen) atoms. The first kappa shape index (κ1) is 12.6. The molecule has 3 atom stereocenters. The van der Waals surface area contributed by atoms with E-state index < -0.39 is 0 Å². The number of nitrogens with two attached hydrogens (primary N) is 1. The van der Waals surface area contributed by atoms with Crippen LogP contribution < -0.4 is 5.73 Å². The molecule has 3 nitrogen and oxygen atoms in total. The van der Waals surface area contributed by atoms with Crippen LogP contribution in [-0.2, 0) is 9.47 Å². The number of ether oxygens (including phenoxy) is 2. The van der Waals surface area contributed by atoms with Crippen molar-refractivity contribution in [3.05, 3.63) is 35.9 Å². The lowest BCUT2D eigenvalue weighted by atomic mass is 9.88. The molecule has 94 valence electrons. The van der Waals surface area contributed by atoms with Crippen LogP contribution in [0.1, 0.15) is 24.5 Å². The molecule has 2 N–H and O–H groups in total. The first-order chi connectivity index (χ1) is 8.33. The van der Waals surface area contributed by atoms with Crippen LogP contribution in [0.4, 0.5) is 0 Å². The maximum atomic E-state index is 6.33. The van der Waals surface area contributed by atoms with E-state index in [1.807, 2.05) is 18.2 Å². The Morgan fingerprint density at radius 3 is 2.71 bits per heavy atom. The molecule has 3 heteroatoms. The summed E-state index contributed by atoms with van der Waals surface area (Å²) in [5.41, 5.74) is 7.48. The molecule has 1 aromatic carbocycles. The number of methoxy groups -OCH3 is 1. The van der Waals surface area contributed by atoms with Gasteiger partial charge >= 0.3 is 0 Å². The second-order valence-electron chi connectivity index (χ2n) is 4.62. The molecule has 1 saturated heterocycles. The van der Waals surface area contributed by atoms with Crippen LogP contribution in [0.2, 0.25) is 0 Å². The van der Waals surface area contributed by atoms with Crippen molar-refractivity contribution in [2.45, 2.75) is 25.0 Å². The summed E-state index contributed by atoms with van der Waals surface area (Å²) < 4.78 is 11.1. The molecule has 1 aromatic rings. The van der Waals surface area contributed by atoms with Crippen LogP contribution in [0, 0.1) is 5.92 Å². The Morgan fingerprint density at radius 1 is 1.35 bits per heavy atom. The molecule has 1 aliphatic heterocycles. The van der Waals surface area contributed by atoms with E-state index in [-0.39, 0.29) is 12.1 Å². The van der Waals surface area contributed by atoms with Crippen LogP contribution in [0.3, 0.4) is 0 Å². The van der Waals surface area contributed by atoms with E-state index in [2.05, 4.69) is 12.1 Å². The minimum Gasteiger partial charge on any atom is -0.381 e. The second-order valence-corrected chi connectivity index (χ2v) is 4.62. The maximum absolute atomic E-state index is 6.33. The van der Waals surface area contributed by atoms with Gasteiger partial charge in [0.15, 0.2) is 0 Å². The third kappa shape index (κ3) is 3.06. The number of hydrogen-bond acceptors (Lipinski definition) is 3. The van der Waals surface area contributed by atoms with Gasteiger partial charge in [-0.2, -0.15) is 0 Å². The summed E-state index contributed by atoms with van der Waals surface area (Å²) in [6.07, 6.45) is 2.19. The largest absolute Gasteiger partial charge is 0.381 e. The van der Waals surface area contributed by atoms with E-state index in [0.29, 0.717) is 5.92 Å². The summed E-state index contributed by atoms with van der Waals surface area (Å²) in [4.78, 5) is 0. The van der Waals surface area contributed by atoms with Gasteiger partial charge in [0.05, 0.1) is 12.7 Å². The van der Waals surface area contributed by atoms with E-state index in [1.165, 1.54) is 0 Å². The van der Waals surface area contributed by atoms with Gasteiger partial charge in [-0.15, -0.1) is 0 Å². The third-order valence-electron chi connectivity index (χ3n) is 3.47. The van der Waals surface area contributed by atoms with Gasteiger partial charge in [0.2, 0.25) is 0 Å².